The van der Waals surface area contributed by atoms with Crippen LogP contribution in [-0.2, 0) is 25.5 Å². The molecule has 1 aromatic rings. The van der Waals surface area contributed by atoms with Gasteiger partial charge in [0, 0.05) is 25.1 Å². The molecule has 1 aromatic carbocycles. The molecule has 0 aliphatic carbocycles. The molecule has 3 aliphatic rings. The highest BCUT2D eigenvalue weighted by Gasteiger charge is 2.47. The zero-order valence-corrected chi connectivity index (χ0v) is 14.8. The number of rotatable bonds is 4. The van der Waals surface area contributed by atoms with Gasteiger partial charge in [0.1, 0.15) is 12.4 Å². The molecule has 0 bridgehead atoms. The van der Waals surface area contributed by atoms with Crippen molar-refractivity contribution in [3.8, 4) is 5.75 Å². The number of hydrogen-bond donors (Lipinski definition) is 1. The van der Waals surface area contributed by atoms with Crippen LogP contribution in [0.2, 0.25) is 0 Å². The van der Waals surface area contributed by atoms with Crippen molar-refractivity contribution in [2.24, 2.45) is 5.41 Å². The largest absolute Gasteiger partial charge is 0.493 e. The summed E-state index contributed by atoms with van der Waals surface area (Å²) >= 11 is 0. The summed E-state index contributed by atoms with van der Waals surface area (Å²) in [7, 11) is 0. The molecular formula is C19H25NO6. The summed E-state index contributed by atoms with van der Waals surface area (Å²) in [5, 5.41) is 6.89. The number of ether oxygens (including phenoxy) is 3. The number of hydrogen-bond acceptors (Lipinski definition) is 5. The lowest BCUT2D eigenvalue weighted by atomic mass is 9.74. The van der Waals surface area contributed by atoms with Crippen molar-refractivity contribution in [1.82, 2.24) is 4.90 Å². The Labute approximate surface area is 152 Å². The number of fused-ring (bicyclic) bond motifs is 1. The highest BCUT2D eigenvalue weighted by Crippen LogP contribution is 2.40. The van der Waals surface area contributed by atoms with Crippen molar-refractivity contribution >= 4 is 12.4 Å². The maximum atomic E-state index is 12.2. The third kappa shape index (κ3) is 4.34. The average Bonchev–Trinajstić information content (AvgIpc) is 3.13. The first-order chi connectivity index (χ1) is 12.7. The number of carbonyl (C=O) groups excluding carboxylic acids is 1. The van der Waals surface area contributed by atoms with Gasteiger partial charge >= 0.3 is 0 Å². The van der Waals surface area contributed by atoms with Crippen LogP contribution < -0.4 is 4.74 Å². The summed E-state index contributed by atoms with van der Waals surface area (Å²) in [4.78, 5) is 22.4. The Morgan fingerprint density at radius 3 is 2.88 bits per heavy atom. The SMILES string of the molecule is O=C(COCC1CCCO1)N1CC2(COc3ccccc3C2)C1.O=CO. The monoisotopic (exact) mass is 363 g/mol. The molecule has 2 fully saturated rings. The van der Waals surface area contributed by atoms with Crippen molar-refractivity contribution in [3.05, 3.63) is 29.8 Å². The predicted molar refractivity (Wildman–Crippen MR) is 93.1 cm³/mol. The highest BCUT2D eigenvalue weighted by molar-refractivity contribution is 5.78. The zero-order valence-electron chi connectivity index (χ0n) is 14.8. The molecule has 1 spiro atoms. The van der Waals surface area contributed by atoms with Crippen molar-refractivity contribution in [2.75, 3.05) is 39.5 Å². The number of carboxylic acid groups (broad SMARTS) is 1. The van der Waals surface area contributed by atoms with Crippen molar-refractivity contribution < 1.29 is 28.9 Å². The summed E-state index contributed by atoms with van der Waals surface area (Å²) in [5.74, 6) is 1.07. The van der Waals surface area contributed by atoms with Gasteiger partial charge in [-0.3, -0.25) is 9.59 Å². The number of benzene rings is 1. The van der Waals surface area contributed by atoms with Crippen LogP contribution in [0.4, 0.5) is 0 Å². The minimum atomic E-state index is -0.250. The molecule has 3 aliphatic heterocycles. The van der Waals surface area contributed by atoms with Gasteiger partial charge in [-0.25, -0.2) is 0 Å². The molecule has 1 N–H and O–H groups in total. The van der Waals surface area contributed by atoms with Crippen LogP contribution in [0.1, 0.15) is 18.4 Å². The Hall–Kier alpha value is -2.12. The van der Waals surface area contributed by atoms with E-state index in [1.165, 1.54) is 5.56 Å². The van der Waals surface area contributed by atoms with E-state index < -0.39 is 0 Å². The fourth-order valence-electron chi connectivity index (χ4n) is 3.76. The fourth-order valence-corrected chi connectivity index (χ4v) is 3.76. The zero-order chi connectivity index (χ0) is 18.4. The molecule has 7 heteroatoms. The van der Waals surface area contributed by atoms with Crippen LogP contribution in [0.15, 0.2) is 24.3 Å². The number of likely N-dealkylation sites (tertiary alicyclic amines) is 1. The van der Waals surface area contributed by atoms with Crippen molar-refractivity contribution in [2.45, 2.75) is 25.4 Å². The fraction of sp³-hybridized carbons (Fsp3) is 0.579. The lowest BCUT2D eigenvalue weighted by molar-refractivity contribution is -0.152. The van der Waals surface area contributed by atoms with E-state index in [-0.39, 0.29) is 30.5 Å². The van der Waals surface area contributed by atoms with Gasteiger partial charge in [0.05, 0.1) is 19.3 Å². The first kappa shape index (κ1) is 18.7. The van der Waals surface area contributed by atoms with Crippen LogP contribution in [0, 0.1) is 5.41 Å². The normalized spacial score (nSPS) is 22.5. The first-order valence-corrected chi connectivity index (χ1v) is 8.91. The summed E-state index contributed by atoms with van der Waals surface area (Å²) < 4.78 is 16.9. The molecule has 1 unspecified atom stereocenters. The van der Waals surface area contributed by atoms with Crippen molar-refractivity contribution in [1.29, 1.82) is 0 Å². The highest BCUT2D eigenvalue weighted by atomic mass is 16.5. The molecule has 2 saturated heterocycles. The van der Waals surface area contributed by atoms with Crippen molar-refractivity contribution in [3.63, 3.8) is 0 Å². The molecule has 142 valence electrons. The van der Waals surface area contributed by atoms with Crippen LogP contribution in [0.5, 0.6) is 5.75 Å². The van der Waals surface area contributed by atoms with Crippen LogP contribution in [0.25, 0.3) is 0 Å². The Kier molecular flexibility index (Phi) is 6.11. The predicted octanol–water partition coefficient (Wildman–Crippen LogP) is 1.35. The van der Waals surface area contributed by atoms with Gasteiger partial charge in [0.15, 0.2) is 0 Å². The summed E-state index contributed by atoms with van der Waals surface area (Å²) in [6, 6.07) is 8.18. The second-order valence-corrected chi connectivity index (χ2v) is 7.08. The van der Waals surface area contributed by atoms with Crippen LogP contribution >= 0.6 is 0 Å². The van der Waals surface area contributed by atoms with Gasteiger partial charge in [-0.1, -0.05) is 18.2 Å². The maximum absolute atomic E-state index is 12.2. The van der Waals surface area contributed by atoms with Gasteiger partial charge in [0.25, 0.3) is 6.47 Å². The molecule has 26 heavy (non-hydrogen) atoms. The molecule has 3 heterocycles. The second kappa shape index (κ2) is 8.51. The molecule has 1 amide bonds. The Bertz CT molecular complexity index is 622. The summed E-state index contributed by atoms with van der Waals surface area (Å²) in [6.45, 7) is 3.49. The van der Waals surface area contributed by atoms with E-state index in [4.69, 9.17) is 24.1 Å². The van der Waals surface area contributed by atoms with E-state index >= 15 is 0 Å². The van der Waals surface area contributed by atoms with E-state index in [0.29, 0.717) is 13.2 Å². The summed E-state index contributed by atoms with van der Waals surface area (Å²) in [5.41, 5.74) is 1.35. The van der Waals surface area contributed by atoms with Crippen LogP contribution in [0.3, 0.4) is 0 Å². The molecule has 1 atom stereocenters. The van der Waals surface area contributed by atoms with Gasteiger partial charge < -0.3 is 24.2 Å². The van der Waals surface area contributed by atoms with Gasteiger partial charge in [-0.15, -0.1) is 0 Å². The molecule has 0 saturated carbocycles. The lowest BCUT2D eigenvalue weighted by Gasteiger charge is -2.51. The lowest BCUT2D eigenvalue weighted by Crippen LogP contribution is -2.63. The maximum Gasteiger partial charge on any atom is 0.290 e. The van der Waals surface area contributed by atoms with E-state index in [1.807, 2.05) is 23.1 Å². The third-order valence-electron chi connectivity index (χ3n) is 5.03. The van der Waals surface area contributed by atoms with Gasteiger partial charge in [0.2, 0.25) is 5.91 Å². The van der Waals surface area contributed by atoms with Gasteiger partial charge in [-0.05, 0) is 30.9 Å². The summed E-state index contributed by atoms with van der Waals surface area (Å²) in [6.07, 6.45) is 3.30. The molecular weight excluding hydrogens is 338 g/mol. The Morgan fingerprint density at radius 1 is 1.38 bits per heavy atom. The Morgan fingerprint density at radius 2 is 2.15 bits per heavy atom. The minimum absolute atomic E-state index is 0.0764. The molecule has 7 nitrogen and oxygen atoms in total. The van der Waals surface area contributed by atoms with E-state index in [2.05, 4.69) is 6.07 Å². The standard InChI is InChI=1S/C18H23NO4.CH2O2/c20-17(10-21-9-15-5-3-7-22-15)19-11-18(12-19)8-14-4-1-2-6-16(14)23-13-18;2-1-3/h1-2,4,6,15H,3,5,7-13H2;1H,(H,2,3). The molecule has 4 rings (SSSR count). The quantitative estimate of drug-likeness (QED) is 0.813. The van der Waals surface area contributed by atoms with Crippen LogP contribution in [-0.4, -0.2) is 68.0 Å². The number of amides is 1. The Balaban J connectivity index is 0.000000613. The second-order valence-electron chi connectivity index (χ2n) is 7.08. The first-order valence-electron chi connectivity index (χ1n) is 8.91. The van der Waals surface area contributed by atoms with E-state index in [9.17, 15) is 4.79 Å². The third-order valence-corrected chi connectivity index (χ3v) is 5.03. The van der Waals surface area contributed by atoms with E-state index in [0.717, 1.165) is 44.7 Å². The molecule has 0 aromatic heterocycles. The topological polar surface area (TPSA) is 85.3 Å². The number of carbonyl (C=O) groups is 2. The van der Waals surface area contributed by atoms with Gasteiger partial charge in [-0.2, -0.15) is 0 Å². The van der Waals surface area contributed by atoms with E-state index in [1.54, 1.807) is 0 Å². The number of para-hydroxylation sites is 1. The minimum Gasteiger partial charge on any atom is -0.493 e. The average molecular weight is 363 g/mol. The molecule has 0 radical (unpaired) electrons. The number of nitrogens with zero attached hydrogens (tertiary/aromatic N) is 1. The smallest absolute Gasteiger partial charge is 0.290 e.